The first kappa shape index (κ1) is 19.5. The second-order valence-corrected chi connectivity index (χ2v) is 6.19. The van der Waals surface area contributed by atoms with Gasteiger partial charge in [0.25, 0.3) is 5.91 Å². The topological polar surface area (TPSA) is 80.7 Å². The highest BCUT2D eigenvalue weighted by atomic mass is 35.5. The summed E-state index contributed by atoms with van der Waals surface area (Å²) in [7, 11) is 0. The van der Waals surface area contributed by atoms with Crippen molar-refractivity contribution < 1.29 is 14.4 Å². The number of aromatic nitrogens is 1. The Labute approximate surface area is 162 Å². The maximum absolute atomic E-state index is 12.1. The molecular formula is C15H9Cl4N3O3. The molecular weight excluding hydrogens is 412 g/mol. The minimum atomic E-state index is -1.12. The molecule has 2 aromatic rings. The quantitative estimate of drug-likeness (QED) is 0.331. The fraction of sp³-hybridized carbons (Fsp3) is 0.0667. The van der Waals surface area contributed by atoms with E-state index in [0.29, 0.717) is 21.2 Å². The Balaban J connectivity index is 2.03. The second-order valence-electron chi connectivity index (χ2n) is 4.63. The first-order valence-corrected chi connectivity index (χ1v) is 8.13. The fourth-order valence-electron chi connectivity index (χ4n) is 1.81. The summed E-state index contributed by atoms with van der Waals surface area (Å²) >= 11 is 23.5. The molecule has 25 heavy (non-hydrogen) atoms. The second kappa shape index (κ2) is 8.49. The maximum atomic E-state index is 12.1. The normalized spacial score (nSPS) is 10.8. The van der Waals surface area contributed by atoms with Gasteiger partial charge < -0.3 is 0 Å². The van der Waals surface area contributed by atoms with Crippen molar-refractivity contribution >= 4 is 64.6 Å². The van der Waals surface area contributed by atoms with E-state index in [1.165, 1.54) is 6.07 Å². The van der Waals surface area contributed by atoms with Crippen LogP contribution >= 0.6 is 46.4 Å². The predicted molar refractivity (Wildman–Crippen MR) is 97.0 cm³/mol. The monoisotopic (exact) mass is 419 g/mol. The third-order valence-electron chi connectivity index (χ3n) is 2.90. The highest BCUT2D eigenvalue weighted by Gasteiger charge is 2.19. The zero-order chi connectivity index (χ0) is 18.6. The van der Waals surface area contributed by atoms with Crippen LogP contribution in [0.4, 0.5) is 4.79 Å². The molecule has 0 radical (unpaired) electrons. The molecule has 0 aliphatic heterocycles. The van der Waals surface area contributed by atoms with Crippen LogP contribution < -0.4 is 5.32 Å². The molecule has 0 saturated carbocycles. The van der Waals surface area contributed by atoms with Crippen molar-refractivity contribution in [1.82, 2.24) is 10.3 Å². The lowest BCUT2D eigenvalue weighted by atomic mass is 10.1. The molecule has 130 valence electrons. The van der Waals surface area contributed by atoms with Crippen LogP contribution in [0.3, 0.4) is 0 Å². The minimum absolute atomic E-state index is 0.00106. The van der Waals surface area contributed by atoms with E-state index in [1.807, 2.05) is 5.32 Å². The number of amides is 2. The lowest BCUT2D eigenvalue weighted by Crippen LogP contribution is -2.31. The largest absolute Gasteiger partial charge is 0.440 e. The maximum Gasteiger partial charge on any atom is 0.440 e. The van der Waals surface area contributed by atoms with Crippen LogP contribution in [-0.2, 0) is 4.84 Å². The number of benzene rings is 1. The van der Waals surface area contributed by atoms with Crippen LogP contribution in [0.25, 0.3) is 0 Å². The van der Waals surface area contributed by atoms with E-state index in [4.69, 9.17) is 46.4 Å². The van der Waals surface area contributed by atoms with E-state index in [2.05, 4.69) is 15.0 Å². The van der Waals surface area contributed by atoms with Gasteiger partial charge >= 0.3 is 6.09 Å². The SMILES string of the molecule is Cc1cc(Cl)nc(Cl)c1C(=O)NC(=O)O/N=C\c1c(Cl)cccc1Cl. The number of imide groups is 1. The number of nitrogens with zero attached hydrogens (tertiary/aromatic N) is 2. The Morgan fingerprint density at radius 2 is 1.84 bits per heavy atom. The van der Waals surface area contributed by atoms with Gasteiger partial charge in [0, 0.05) is 5.56 Å². The summed E-state index contributed by atoms with van der Waals surface area (Å²) < 4.78 is 0. The zero-order valence-corrected chi connectivity index (χ0v) is 15.5. The van der Waals surface area contributed by atoms with Gasteiger partial charge in [0.2, 0.25) is 0 Å². The third kappa shape index (κ3) is 5.06. The van der Waals surface area contributed by atoms with Crippen LogP contribution in [-0.4, -0.2) is 23.2 Å². The highest BCUT2D eigenvalue weighted by Crippen LogP contribution is 2.22. The van der Waals surface area contributed by atoms with E-state index in [9.17, 15) is 9.59 Å². The van der Waals surface area contributed by atoms with Crippen molar-refractivity contribution in [2.75, 3.05) is 0 Å². The van der Waals surface area contributed by atoms with Crippen LogP contribution in [0, 0.1) is 6.92 Å². The Morgan fingerprint density at radius 3 is 2.44 bits per heavy atom. The van der Waals surface area contributed by atoms with Crippen molar-refractivity contribution in [3.05, 3.63) is 61.3 Å². The molecule has 2 amide bonds. The molecule has 0 saturated heterocycles. The minimum Gasteiger partial charge on any atom is -0.298 e. The first-order chi connectivity index (χ1) is 11.8. The average molecular weight is 421 g/mol. The van der Waals surface area contributed by atoms with Crippen molar-refractivity contribution in [2.24, 2.45) is 5.16 Å². The van der Waals surface area contributed by atoms with E-state index in [0.717, 1.165) is 6.21 Å². The molecule has 1 aromatic carbocycles. The lowest BCUT2D eigenvalue weighted by molar-refractivity contribution is 0.0923. The Hall–Kier alpha value is -1.86. The molecule has 1 heterocycles. The van der Waals surface area contributed by atoms with Crippen molar-refractivity contribution in [3.63, 3.8) is 0 Å². The summed E-state index contributed by atoms with van der Waals surface area (Å²) in [6.45, 7) is 1.59. The number of hydrogen-bond donors (Lipinski definition) is 1. The number of rotatable bonds is 3. The zero-order valence-electron chi connectivity index (χ0n) is 12.5. The molecule has 0 aliphatic carbocycles. The standard InChI is InChI=1S/C15H9Cl4N3O3/c1-7-5-11(18)21-13(19)12(7)14(23)22-15(24)25-20-6-8-9(16)3-2-4-10(8)17/h2-6H,1H3,(H,22,23,24)/b20-6-. The number of nitrogens with one attached hydrogen (secondary N) is 1. The van der Waals surface area contributed by atoms with Gasteiger partial charge in [-0.2, -0.15) is 0 Å². The van der Waals surface area contributed by atoms with Gasteiger partial charge in [-0.3, -0.25) is 14.9 Å². The fourth-order valence-corrected chi connectivity index (χ4v) is 2.92. The van der Waals surface area contributed by atoms with E-state index >= 15 is 0 Å². The molecule has 6 nitrogen and oxygen atoms in total. The lowest BCUT2D eigenvalue weighted by Gasteiger charge is -2.07. The molecule has 0 aliphatic rings. The average Bonchev–Trinajstić information content (AvgIpc) is 2.49. The van der Waals surface area contributed by atoms with E-state index in [-0.39, 0.29) is 15.9 Å². The Kier molecular flexibility index (Phi) is 6.61. The van der Waals surface area contributed by atoms with Crippen LogP contribution in [0.5, 0.6) is 0 Å². The van der Waals surface area contributed by atoms with E-state index < -0.39 is 12.0 Å². The van der Waals surface area contributed by atoms with Gasteiger partial charge in [-0.25, -0.2) is 9.78 Å². The molecule has 10 heteroatoms. The number of hydrogen-bond acceptors (Lipinski definition) is 5. The molecule has 2 rings (SSSR count). The van der Waals surface area contributed by atoms with Gasteiger partial charge in [-0.05, 0) is 30.7 Å². The number of carbonyl (C=O) groups excluding carboxylic acids is 2. The van der Waals surface area contributed by atoms with Crippen molar-refractivity contribution in [2.45, 2.75) is 6.92 Å². The molecule has 0 spiro atoms. The van der Waals surface area contributed by atoms with E-state index in [1.54, 1.807) is 25.1 Å². The molecule has 1 aromatic heterocycles. The van der Waals surface area contributed by atoms with Gasteiger partial charge in [-0.15, -0.1) is 0 Å². The molecule has 0 bridgehead atoms. The molecule has 1 N–H and O–H groups in total. The van der Waals surface area contributed by atoms with Gasteiger partial charge in [0.05, 0.1) is 21.8 Å². The Morgan fingerprint density at radius 1 is 1.20 bits per heavy atom. The van der Waals surface area contributed by atoms with Gasteiger partial charge in [0.1, 0.15) is 10.3 Å². The predicted octanol–water partition coefficient (Wildman–Crippen LogP) is 4.90. The number of oxime groups is 1. The van der Waals surface area contributed by atoms with Crippen molar-refractivity contribution in [3.8, 4) is 0 Å². The highest BCUT2D eigenvalue weighted by molar-refractivity contribution is 6.38. The smallest absolute Gasteiger partial charge is 0.298 e. The van der Waals surface area contributed by atoms with Crippen molar-refractivity contribution in [1.29, 1.82) is 0 Å². The number of halogens is 4. The number of pyridine rings is 1. The van der Waals surface area contributed by atoms with Gasteiger partial charge in [-0.1, -0.05) is 57.6 Å². The van der Waals surface area contributed by atoms with Crippen LogP contribution in [0.1, 0.15) is 21.5 Å². The summed E-state index contributed by atoms with van der Waals surface area (Å²) in [6.07, 6.45) is 0.0337. The number of aryl methyl sites for hydroxylation is 1. The summed E-state index contributed by atoms with van der Waals surface area (Å²) in [5.74, 6) is -0.803. The summed E-state index contributed by atoms with van der Waals surface area (Å²) in [4.78, 5) is 32.0. The van der Waals surface area contributed by atoms with Gasteiger partial charge in [0.15, 0.2) is 0 Å². The number of carbonyl (C=O) groups is 2. The Bertz CT molecular complexity index is 828. The molecule has 0 atom stereocenters. The molecule has 0 unspecified atom stereocenters. The third-order valence-corrected chi connectivity index (χ3v) is 4.03. The summed E-state index contributed by atoms with van der Waals surface area (Å²) in [6, 6.07) is 6.28. The summed E-state index contributed by atoms with van der Waals surface area (Å²) in [5, 5.41) is 6.05. The molecule has 0 fully saturated rings. The summed E-state index contributed by atoms with van der Waals surface area (Å²) in [5.41, 5.74) is 0.813. The first-order valence-electron chi connectivity index (χ1n) is 6.62. The van der Waals surface area contributed by atoms with Crippen LogP contribution in [0.2, 0.25) is 20.4 Å². The van der Waals surface area contributed by atoms with Crippen LogP contribution in [0.15, 0.2) is 29.4 Å².